The number of carbonyl (C=O) groups excluding carboxylic acids is 1. The first-order valence-corrected chi connectivity index (χ1v) is 6.24. The van der Waals surface area contributed by atoms with Crippen LogP contribution in [0, 0.1) is 21.7 Å². The Morgan fingerprint density at radius 1 is 0.941 bits per heavy atom. The van der Waals surface area contributed by atoms with Gasteiger partial charge in [-0.25, -0.2) is 0 Å². The normalized spacial score (nSPS) is 56.8. The van der Waals surface area contributed by atoms with Crippen molar-refractivity contribution in [3.05, 3.63) is 0 Å². The van der Waals surface area contributed by atoms with Gasteiger partial charge in [0.05, 0.1) is 17.9 Å². The van der Waals surface area contributed by atoms with Crippen molar-refractivity contribution in [2.24, 2.45) is 21.7 Å². The highest BCUT2D eigenvalue weighted by Gasteiger charge is 2.87. The number of carboxylic acids is 1. The van der Waals surface area contributed by atoms with E-state index < -0.39 is 5.97 Å². The molecule has 0 unspecified atom stereocenters. The van der Waals surface area contributed by atoms with Gasteiger partial charge >= 0.3 is 11.9 Å². The molecular formula is C13H16O4. The zero-order valence-electron chi connectivity index (χ0n) is 9.91. The molecule has 0 amide bonds. The van der Waals surface area contributed by atoms with Crippen molar-refractivity contribution in [1.29, 1.82) is 0 Å². The molecule has 4 nitrogen and oxygen atoms in total. The third kappa shape index (κ3) is 0.745. The van der Waals surface area contributed by atoms with Crippen LogP contribution in [-0.4, -0.2) is 24.2 Å². The summed E-state index contributed by atoms with van der Waals surface area (Å²) in [5.41, 5.74) is 0.0218. The van der Waals surface area contributed by atoms with Crippen LogP contribution in [-0.2, 0) is 14.3 Å². The third-order valence-electron chi connectivity index (χ3n) is 6.26. The van der Waals surface area contributed by atoms with Crippen LogP contribution in [0.1, 0.15) is 38.5 Å². The second-order valence-electron chi connectivity index (χ2n) is 6.98. The molecule has 0 heterocycles. The zero-order chi connectivity index (χ0) is 12.1. The minimum atomic E-state index is -0.617. The van der Waals surface area contributed by atoms with E-state index in [1.807, 2.05) is 0 Å². The molecule has 6 aliphatic rings. The van der Waals surface area contributed by atoms with Gasteiger partial charge in [0.25, 0.3) is 0 Å². The number of aliphatic carboxylic acids is 1. The number of carbonyl (C=O) groups is 2. The van der Waals surface area contributed by atoms with Crippen LogP contribution >= 0.6 is 0 Å². The molecule has 0 spiro atoms. The van der Waals surface area contributed by atoms with Crippen molar-refractivity contribution in [1.82, 2.24) is 0 Å². The monoisotopic (exact) mass is 236 g/mol. The van der Waals surface area contributed by atoms with Crippen LogP contribution in [0.15, 0.2) is 0 Å². The Labute approximate surface area is 99.3 Å². The molecule has 0 aromatic rings. The Hall–Kier alpha value is -1.06. The topological polar surface area (TPSA) is 63.6 Å². The van der Waals surface area contributed by atoms with Crippen LogP contribution in [0.4, 0.5) is 0 Å². The first kappa shape index (κ1) is 9.92. The summed E-state index contributed by atoms with van der Waals surface area (Å²) in [6, 6.07) is 0. The van der Waals surface area contributed by atoms with E-state index in [4.69, 9.17) is 9.84 Å². The minimum absolute atomic E-state index is 0.0566. The number of hydrogen-bond donors (Lipinski definition) is 1. The van der Waals surface area contributed by atoms with E-state index in [-0.39, 0.29) is 22.2 Å². The molecule has 92 valence electrons. The Morgan fingerprint density at radius 3 is 1.71 bits per heavy atom. The van der Waals surface area contributed by atoms with E-state index in [0.29, 0.717) is 5.41 Å². The van der Waals surface area contributed by atoms with Gasteiger partial charge in [-0.05, 0) is 49.4 Å². The molecule has 0 aliphatic heterocycles. The number of ether oxygens (including phenoxy) is 1. The SMILES string of the molecule is COC(=O)C12CC(C34CC(C(=O)O)(C3)C4)(C1)C2. The lowest BCUT2D eigenvalue weighted by atomic mass is 9.17. The van der Waals surface area contributed by atoms with Crippen molar-refractivity contribution >= 4 is 11.9 Å². The Bertz CT molecular complexity index is 424. The summed E-state index contributed by atoms with van der Waals surface area (Å²) in [5.74, 6) is -0.674. The highest BCUT2D eigenvalue weighted by atomic mass is 16.5. The number of hydrogen-bond acceptors (Lipinski definition) is 3. The molecule has 0 aromatic heterocycles. The number of rotatable bonds is 3. The Morgan fingerprint density at radius 2 is 1.35 bits per heavy atom. The van der Waals surface area contributed by atoms with Crippen LogP contribution in [0.2, 0.25) is 0 Å². The second kappa shape index (κ2) is 2.25. The number of carboxylic acid groups (broad SMARTS) is 1. The largest absolute Gasteiger partial charge is 0.481 e. The minimum Gasteiger partial charge on any atom is -0.481 e. The molecule has 0 aromatic carbocycles. The molecule has 0 atom stereocenters. The van der Waals surface area contributed by atoms with Gasteiger partial charge in [-0.15, -0.1) is 0 Å². The van der Waals surface area contributed by atoms with Crippen molar-refractivity contribution in [2.45, 2.75) is 38.5 Å². The molecule has 6 aliphatic carbocycles. The summed E-state index contributed by atoms with van der Waals surface area (Å²) in [4.78, 5) is 22.7. The van der Waals surface area contributed by atoms with Gasteiger partial charge in [0.15, 0.2) is 0 Å². The van der Waals surface area contributed by atoms with Crippen LogP contribution in [0.5, 0.6) is 0 Å². The van der Waals surface area contributed by atoms with E-state index in [1.165, 1.54) is 7.11 Å². The molecule has 4 heteroatoms. The van der Waals surface area contributed by atoms with E-state index in [9.17, 15) is 9.59 Å². The van der Waals surface area contributed by atoms with E-state index in [0.717, 1.165) is 38.5 Å². The zero-order valence-corrected chi connectivity index (χ0v) is 9.91. The summed E-state index contributed by atoms with van der Waals surface area (Å²) in [5, 5.41) is 9.12. The summed E-state index contributed by atoms with van der Waals surface area (Å²) < 4.78 is 4.84. The van der Waals surface area contributed by atoms with Gasteiger partial charge in [-0.3, -0.25) is 9.59 Å². The fourth-order valence-electron chi connectivity index (χ4n) is 5.36. The number of methoxy groups -OCH3 is 1. The van der Waals surface area contributed by atoms with Gasteiger partial charge in [0.1, 0.15) is 0 Å². The summed E-state index contributed by atoms with van der Waals surface area (Å²) in [6.07, 6.45) is 5.40. The smallest absolute Gasteiger partial charge is 0.311 e. The van der Waals surface area contributed by atoms with Crippen LogP contribution in [0.3, 0.4) is 0 Å². The first-order valence-electron chi connectivity index (χ1n) is 6.24. The molecule has 6 saturated carbocycles. The van der Waals surface area contributed by atoms with Gasteiger partial charge in [0, 0.05) is 0 Å². The predicted molar refractivity (Wildman–Crippen MR) is 57.1 cm³/mol. The molecular weight excluding hydrogens is 220 g/mol. The molecule has 0 saturated heterocycles. The molecule has 1 N–H and O–H groups in total. The van der Waals surface area contributed by atoms with Gasteiger partial charge in [-0.1, -0.05) is 0 Å². The maximum absolute atomic E-state index is 11.6. The standard InChI is InChI=1S/C13H16O4/c1-17-9(16)11-5-13(6-11,7-11)12-2-10(3-12,4-12)8(14)15/h2-7H2,1H3,(H,14,15). The van der Waals surface area contributed by atoms with Gasteiger partial charge < -0.3 is 9.84 Å². The molecule has 17 heavy (non-hydrogen) atoms. The van der Waals surface area contributed by atoms with Gasteiger partial charge in [-0.2, -0.15) is 0 Å². The maximum Gasteiger partial charge on any atom is 0.311 e. The Balaban J connectivity index is 1.47. The summed E-state index contributed by atoms with van der Waals surface area (Å²) >= 11 is 0. The van der Waals surface area contributed by atoms with Crippen LogP contribution in [0.25, 0.3) is 0 Å². The average molecular weight is 236 g/mol. The predicted octanol–water partition coefficient (Wildman–Crippen LogP) is 1.58. The highest BCUT2D eigenvalue weighted by molar-refractivity contribution is 5.83. The van der Waals surface area contributed by atoms with E-state index >= 15 is 0 Å². The van der Waals surface area contributed by atoms with E-state index in [2.05, 4.69) is 0 Å². The third-order valence-corrected chi connectivity index (χ3v) is 6.26. The fraction of sp³-hybridized carbons (Fsp3) is 0.846. The van der Waals surface area contributed by atoms with Crippen molar-refractivity contribution < 1.29 is 19.4 Å². The summed E-state index contributed by atoms with van der Waals surface area (Å²) in [6.45, 7) is 0. The average Bonchev–Trinajstić information content (AvgIpc) is 2.00. The lowest BCUT2D eigenvalue weighted by Crippen LogP contribution is -2.81. The molecule has 0 radical (unpaired) electrons. The molecule has 6 rings (SSSR count). The number of esters is 1. The van der Waals surface area contributed by atoms with Crippen molar-refractivity contribution in [2.75, 3.05) is 7.11 Å². The van der Waals surface area contributed by atoms with Crippen molar-refractivity contribution in [3.8, 4) is 0 Å². The first-order chi connectivity index (χ1) is 7.92. The summed E-state index contributed by atoms with van der Waals surface area (Å²) in [7, 11) is 1.45. The fourth-order valence-corrected chi connectivity index (χ4v) is 5.36. The maximum atomic E-state index is 11.6. The highest BCUT2D eigenvalue weighted by Crippen LogP contribution is 2.91. The molecule has 4 bridgehead atoms. The van der Waals surface area contributed by atoms with Crippen molar-refractivity contribution in [3.63, 3.8) is 0 Å². The molecule has 6 fully saturated rings. The quantitative estimate of drug-likeness (QED) is 0.756. The van der Waals surface area contributed by atoms with E-state index in [1.54, 1.807) is 0 Å². The van der Waals surface area contributed by atoms with Gasteiger partial charge in [0.2, 0.25) is 0 Å². The Kier molecular flexibility index (Phi) is 1.31. The lowest BCUT2D eigenvalue weighted by Gasteiger charge is -2.85. The lowest BCUT2D eigenvalue weighted by molar-refractivity contribution is -0.367. The second-order valence-corrected chi connectivity index (χ2v) is 6.98. The van der Waals surface area contributed by atoms with Crippen LogP contribution < -0.4 is 0 Å².